The number of nitrogens with one attached hydrogen (secondary N) is 1. The molecule has 0 unspecified atom stereocenters. The average Bonchev–Trinajstić information content (AvgIpc) is 1.97. The lowest BCUT2D eigenvalue weighted by Crippen LogP contribution is -2.06. The van der Waals surface area contributed by atoms with Gasteiger partial charge in [0.25, 0.3) is 0 Å². The predicted molar refractivity (Wildman–Crippen MR) is 45.8 cm³/mol. The van der Waals surface area contributed by atoms with Gasteiger partial charge in [0.05, 0.1) is 0 Å². The summed E-state index contributed by atoms with van der Waals surface area (Å²) in [6, 6.07) is 0. The Balaban J connectivity index is 2.90. The minimum Gasteiger partial charge on any atom is -0.320 e. The first-order chi connectivity index (χ1) is 4.91. The lowest BCUT2D eigenvalue weighted by atomic mass is 10.2. The van der Waals surface area contributed by atoms with E-state index in [1.165, 1.54) is 12.8 Å². The summed E-state index contributed by atoms with van der Waals surface area (Å²) in [6.07, 6.45) is 4.53. The van der Waals surface area contributed by atoms with E-state index in [4.69, 9.17) is 0 Å². The normalized spacial score (nSPS) is 8.60. The zero-order valence-corrected chi connectivity index (χ0v) is 7.04. The molecule has 0 saturated carbocycles. The first-order valence-corrected chi connectivity index (χ1v) is 4.02. The van der Waals surface area contributed by atoms with Gasteiger partial charge in [0.1, 0.15) is 0 Å². The molecule has 0 aliphatic carbocycles. The van der Waals surface area contributed by atoms with E-state index in [1.807, 2.05) is 7.05 Å². The van der Waals surface area contributed by atoms with Crippen molar-refractivity contribution in [2.45, 2.75) is 32.6 Å². The predicted octanol–water partition coefficient (Wildman–Crippen LogP) is 1.79. The maximum Gasteiger partial charge on any atom is 0.00891 e. The van der Waals surface area contributed by atoms with Gasteiger partial charge in [-0.05, 0) is 26.4 Å². The molecule has 10 heavy (non-hydrogen) atoms. The van der Waals surface area contributed by atoms with Crippen LogP contribution in [0, 0.1) is 11.8 Å². The largest absolute Gasteiger partial charge is 0.320 e. The summed E-state index contributed by atoms with van der Waals surface area (Å²) >= 11 is 0. The van der Waals surface area contributed by atoms with E-state index in [-0.39, 0.29) is 0 Å². The van der Waals surface area contributed by atoms with E-state index < -0.39 is 0 Å². The summed E-state index contributed by atoms with van der Waals surface area (Å²) in [4.78, 5) is 0. The maximum atomic E-state index is 3.12. The SMILES string of the molecule is CCC#CCCCCNC. The van der Waals surface area contributed by atoms with Crippen molar-refractivity contribution in [3.63, 3.8) is 0 Å². The summed E-state index contributed by atoms with van der Waals surface area (Å²) in [5.41, 5.74) is 0. The highest BCUT2D eigenvalue weighted by atomic mass is 14.8. The van der Waals surface area contributed by atoms with Crippen molar-refractivity contribution in [1.29, 1.82) is 0 Å². The van der Waals surface area contributed by atoms with E-state index in [2.05, 4.69) is 24.1 Å². The van der Waals surface area contributed by atoms with Crippen molar-refractivity contribution >= 4 is 0 Å². The van der Waals surface area contributed by atoms with Gasteiger partial charge in [-0.1, -0.05) is 6.92 Å². The molecular formula is C9H17N. The number of hydrogen-bond donors (Lipinski definition) is 1. The van der Waals surface area contributed by atoms with Crippen LogP contribution in [0.2, 0.25) is 0 Å². The highest BCUT2D eigenvalue weighted by Gasteiger charge is 1.81. The molecule has 1 nitrogen and oxygen atoms in total. The lowest BCUT2D eigenvalue weighted by Gasteiger charge is -1.93. The first kappa shape index (κ1) is 9.52. The van der Waals surface area contributed by atoms with Gasteiger partial charge in [-0.2, -0.15) is 0 Å². The monoisotopic (exact) mass is 139 g/mol. The van der Waals surface area contributed by atoms with Crippen molar-refractivity contribution in [3.8, 4) is 11.8 Å². The minimum absolute atomic E-state index is 0.992. The van der Waals surface area contributed by atoms with Crippen LogP contribution in [0.3, 0.4) is 0 Å². The fourth-order valence-electron chi connectivity index (χ4n) is 0.729. The Morgan fingerprint density at radius 3 is 2.60 bits per heavy atom. The van der Waals surface area contributed by atoms with E-state index in [9.17, 15) is 0 Å². The summed E-state index contributed by atoms with van der Waals surface area (Å²) in [6.45, 7) is 3.20. The second-order valence-electron chi connectivity index (χ2n) is 2.27. The third-order valence-electron chi connectivity index (χ3n) is 1.28. The molecule has 0 aromatic heterocycles. The second kappa shape index (κ2) is 8.52. The first-order valence-electron chi connectivity index (χ1n) is 4.02. The van der Waals surface area contributed by atoms with Crippen molar-refractivity contribution in [2.24, 2.45) is 0 Å². The van der Waals surface area contributed by atoms with E-state index in [0.29, 0.717) is 0 Å². The van der Waals surface area contributed by atoms with Gasteiger partial charge >= 0.3 is 0 Å². The Bertz CT molecular complexity index is 108. The van der Waals surface area contributed by atoms with Crippen LogP contribution in [-0.4, -0.2) is 13.6 Å². The molecule has 0 rings (SSSR count). The average molecular weight is 139 g/mol. The molecule has 0 amide bonds. The van der Waals surface area contributed by atoms with Crippen molar-refractivity contribution < 1.29 is 0 Å². The number of rotatable bonds is 4. The third kappa shape index (κ3) is 7.52. The Labute approximate surface area is 64.2 Å². The van der Waals surface area contributed by atoms with Crippen LogP contribution in [0.15, 0.2) is 0 Å². The molecule has 0 aromatic rings. The van der Waals surface area contributed by atoms with Gasteiger partial charge in [0.2, 0.25) is 0 Å². The van der Waals surface area contributed by atoms with Crippen LogP contribution < -0.4 is 5.32 Å². The van der Waals surface area contributed by atoms with Crippen LogP contribution in [0.25, 0.3) is 0 Å². The standard InChI is InChI=1S/C9H17N/c1-3-4-5-6-7-8-9-10-2/h10H,3,6-9H2,1-2H3. The van der Waals surface area contributed by atoms with Gasteiger partial charge in [-0.3, -0.25) is 0 Å². The van der Waals surface area contributed by atoms with Crippen LogP contribution in [0.1, 0.15) is 32.6 Å². The van der Waals surface area contributed by atoms with Gasteiger partial charge in [0.15, 0.2) is 0 Å². The fourth-order valence-corrected chi connectivity index (χ4v) is 0.729. The molecule has 0 aliphatic rings. The summed E-state index contributed by atoms with van der Waals surface area (Å²) in [5, 5.41) is 3.11. The van der Waals surface area contributed by atoms with E-state index >= 15 is 0 Å². The molecule has 0 heterocycles. The molecule has 0 spiro atoms. The molecule has 1 N–H and O–H groups in total. The van der Waals surface area contributed by atoms with E-state index in [1.54, 1.807) is 0 Å². The Morgan fingerprint density at radius 1 is 1.20 bits per heavy atom. The number of hydrogen-bond acceptors (Lipinski definition) is 1. The third-order valence-corrected chi connectivity index (χ3v) is 1.28. The fraction of sp³-hybridized carbons (Fsp3) is 0.778. The molecular weight excluding hydrogens is 122 g/mol. The van der Waals surface area contributed by atoms with Gasteiger partial charge in [0, 0.05) is 12.8 Å². The highest BCUT2D eigenvalue weighted by Crippen LogP contribution is 1.91. The topological polar surface area (TPSA) is 12.0 Å². The quantitative estimate of drug-likeness (QED) is 0.462. The zero-order valence-electron chi connectivity index (χ0n) is 7.04. The minimum atomic E-state index is 0.992. The van der Waals surface area contributed by atoms with Crippen LogP contribution in [0.4, 0.5) is 0 Å². The summed E-state index contributed by atoms with van der Waals surface area (Å²) in [5.74, 6) is 6.17. The highest BCUT2D eigenvalue weighted by molar-refractivity contribution is 4.97. The molecule has 58 valence electrons. The Hall–Kier alpha value is -0.480. The van der Waals surface area contributed by atoms with Crippen LogP contribution >= 0.6 is 0 Å². The van der Waals surface area contributed by atoms with Gasteiger partial charge in [-0.15, -0.1) is 11.8 Å². The zero-order chi connectivity index (χ0) is 7.66. The smallest absolute Gasteiger partial charge is 0.00891 e. The molecule has 0 aromatic carbocycles. The Kier molecular flexibility index (Phi) is 8.11. The molecule has 0 radical (unpaired) electrons. The molecule has 0 bridgehead atoms. The second-order valence-corrected chi connectivity index (χ2v) is 2.27. The Morgan fingerprint density at radius 2 is 2.00 bits per heavy atom. The van der Waals surface area contributed by atoms with E-state index in [0.717, 1.165) is 19.4 Å². The van der Waals surface area contributed by atoms with Gasteiger partial charge in [-0.25, -0.2) is 0 Å². The molecule has 0 atom stereocenters. The van der Waals surface area contributed by atoms with Crippen molar-refractivity contribution in [1.82, 2.24) is 5.32 Å². The maximum absolute atomic E-state index is 3.12. The lowest BCUT2D eigenvalue weighted by molar-refractivity contribution is 0.689. The molecule has 0 aliphatic heterocycles. The number of unbranched alkanes of at least 4 members (excludes halogenated alkanes) is 2. The van der Waals surface area contributed by atoms with Gasteiger partial charge < -0.3 is 5.32 Å². The van der Waals surface area contributed by atoms with Crippen molar-refractivity contribution in [2.75, 3.05) is 13.6 Å². The molecule has 1 heteroatoms. The van der Waals surface area contributed by atoms with Crippen molar-refractivity contribution in [3.05, 3.63) is 0 Å². The molecule has 0 fully saturated rings. The molecule has 0 saturated heterocycles. The van der Waals surface area contributed by atoms with Crippen LogP contribution in [-0.2, 0) is 0 Å². The van der Waals surface area contributed by atoms with Crippen LogP contribution in [0.5, 0.6) is 0 Å². The summed E-state index contributed by atoms with van der Waals surface area (Å²) in [7, 11) is 1.98. The summed E-state index contributed by atoms with van der Waals surface area (Å²) < 4.78 is 0.